The number of esters is 1. The first-order chi connectivity index (χ1) is 8.46. The third-order valence-electron chi connectivity index (χ3n) is 3.40. The minimum absolute atomic E-state index is 0.0568. The van der Waals surface area contributed by atoms with Gasteiger partial charge in [-0.2, -0.15) is 0 Å². The summed E-state index contributed by atoms with van der Waals surface area (Å²) in [6.07, 6.45) is 1.01. The molecule has 1 rings (SSSR count). The van der Waals surface area contributed by atoms with E-state index in [4.69, 9.17) is 4.42 Å². The lowest BCUT2D eigenvalue weighted by Crippen LogP contribution is -2.33. The highest BCUT2D eigenvalue weighted by atomic mass is 16.5. The smallest absolute Gasteiger partial charge is 0.373 e. The van der Waals surface area contributed by atoms with Crippen LogP contribution in [-0.4, -0.2) is 19.6 Å². The summed E-state index contributed by atoms with van der Waals surface area (Å²) in [4.78, 5) is 11.4. The number of carbonyl (C=O) groups is 1. The van der Waals surface area contributed by atoms with Crippen molar-refractivity contribution in [3.8, 4) is 0 Å². The number of methoxy groups -OCH3 is 1. The molecule has 0 saturated heterocycles. The van der Waals surface area contributed by atoms with Gasteiger partial charge >= 0.3 is 5.97 Å². The Morgan fingerprint density at radius 1 is 1.44 bits per heavy atom. The molecule has 0 radical (unpaired) electrons. The van der Waals surface area contributed by atoms with Crippen molar-refractivity contribution >= 4 is 5.97 Å². The average Bonchev–Trinajstić information content (AvgIpc) is 2.83. The van der Waals surface area contributed by atoms with E-state index in [2.05, 4.69) is 37.7 Å². The van der Waals surface area contributed by atoms with Gasteiger partial charge in [-0.05, 0) is 30.5 Å². The van der Waals surface area contributed by atoms with Gasteiger partial charge in [-0.25, -0.2) is 4.79 Å². The van der Waals surface area contributed by atoms with Gasteiger partial charge < -0.3 is 14.5 Å². The van der Waals surface area contributed by atoms with Crippen molar-refractivity contribution in [2.45, 2.75) is 40.2 Å². The molecule has 0 spiro atoms. The fourth-order valence-corrected chi connectivity index (χ4v) is 1.89. The zero-order valence-electron chi connectivity index (χ0n) is 11.9. The molecule has 1 atom stereocenters. The van der Waals surface area contributed by atoms with Crippen LogP contribution in [0.4, 0.5) is 0 Å². The monoisotopic (exact) mass is 253 g/mol. The number of rotatable bonds is 6. The minimum atomic E-state index is -0.439. The molecule has 0 saturated carbocycles. The molecule has 0 aliphatic heterocycles. The van der Waals surface area contributed by atoms with Crippen LogP contribution in [-0.2, 0) is 4.74 Å². The Hall–Kier alpha value is -1.29. The Labute approximate surface area is 109 Å². The standard InChI is InChI=1S/C14H23NO3/c1-6-14(3,4)12(15-7-2)10-8-9-11(18-10)13(16)17-5/h8-9,12,15H,6-7H2,1-5H3. The number of hydrogen-bond donors (Lipinski definition) is 1. The fourth-order valence-electron chi connectivity index (χ4n) is 1.89. The van der Waals surface area contributed by atoms with Crippen LogP contribution in [0.5, 0.6) is 0 Å². The molecular formula is C14H23NO3. The van der Waals surface area contributed by atoms with E-state index in [1.54, 1.807) is 6.07 Å². The predicted octanol–water partition coefficient (Wildman–Crippen LogP) is 3.15. The molecule has 0 aliphatic rings. The predicted molar refractivity (Wildman–Crippen MR) is 70.5 cm³/mol. The lowest BCUT2D eigenvalue weighted by atomic mass is 9.80. The van der Waals surface area contributed by atoms with Crippen LogP contribution in [0.25, 0.3) is 0 Å². The topological polar surface area (TPSA) is 51.5 Å². The summed E-state index contributed by atoms with van der Waals surface area (Å²) in [6.45, 7) is 9.42. The molecule has 4 heteroatoms. The summed E-state index contributed by atoms with van der Waals surface area (Å²) >= 11 is 0. The van der Waals surface area contributed by atoms with Gasteiger partial charge in [0.2, 0.25) is 5.76 Å². The van der Waals surface area contributed by atoms with E-state index in [-0.39, 0.29) is 17.2 Å². The normalized spacial score (nSPS) is 13.4. The zero-order chi connectivity index (χ0) is 13.8. The Balaban J connectivity index is 3.00. The van der Waals surface area contributed by atoms with E-state index in [0.717, 1.165) is 18.7 Å². The van der Waals surface area contributed by atoms with E-state index < -0.39 is 5.97 Å². The molecule has 4 nitrogen and oxygen atoms in total. The molecule has 1 unspecified atom stereocenters. The second kappa shape index (κ2) is 6.05. The first kappa shape index (κ1) is 14.8. The zero-order valence-corrected chi connectivity index (χ0v) is 11.9. The average molecular weight is 253 g/mol. The number of carbonyl (C=O) groups excluding carboxylic acids is 1. The quantitative estimate of drug-likeness (QED) is 0.791. The number of nitrogens with one attached hydrogen (secondary N) is 1. The van der Waals surface area contributed by atoms with Crippen LogP contribution in [0.15, 0.2) is 16.5 Å². The largest absolute Gasteiger partial charge is 0.463 e. The Morgan fingerprint density at radius 3 is 2.61 bits per heavy atom. The van der Waals surface area contributed by atoms with Crippen molar-refractivity contribution in [3.63, 3.8) is 0 Å². The summed E-state index contributed by atoms with van der Waals surface area (Å²) < 4.78 is 10.3. The van der Waals surface area contributed by atoms with Crippen LogP contribution in [0.1, 0.15) is 56.5 Å². The van der Waals surface area contributed by atoms with Crippen LogP contribution >= 0.6 is 0 Å². The van der Waals surface area contributed by atoms with Crippen LogP contribution < -0.4 is 5.32 Å². The molecule has 0 bridgehead atoms. The number of hydrogen-bond acceptors (Lipinski definition) is 4. The van der Waals surface area contributed by atoms with E-state index in [1.165, 1.54) is 7.11 Å². The van der Waals surface area contributed by atoms with Crippen LogP contribution in [0, 0.1) is 5.41 Å². The van der Waals surface area contributed by atoms with Crippen molar-refractivity contribution in [1.29, 1.82) is 0 Å². The van der Waals surface area contributed by atoms with Gasteiger partial charge in [0, 0.05) is 0 Å². The SMILES string of the molecule is CCNC(c1ccc(C(=O)OC)o1)C(C)(C)CC. The van der Waals surface area contributed by atoms with Crippen molar-refractivity contribution in [1.82, 2.24) is 5.32 Å². The van der Waals surface area contributed by atoms with E-state index in [9.17, 15) is 4.79 Å². The molecule has 1 aromatic heterocycles. The lowest BCUT2D eigenvalue weighted by Gasteiger charge is -2.32. The first-order valence-electron chi connectivity index (χ1n) is 6.37. The van der Waals surface area contributed by atoms with Gasteiger partial charge in [-0.3, -0.25) is 0 Å². The van der Waals surface area contributed by atoms with Crippen molar-refractivity contribution in [3.05, 3.63) is 23.7 Å². The second-order valence-electron chi connectivity index (χ2n) is 5.03. The molecule has 1 heterocycles. The lowest BCUT2D eigenvalue weighted by molar-refractivity contribution is 0.0558. The van der Waals surface area contributed by atoms with Crippen molar-refractivity contribution in [2.24, 2.45) is 5.41 Å². The molecule has 0 aliphatic carbocycles. The molecule has 0 amide bonds. The fraction of sp³-hybridized carbons (Fsp3) is 0.643. The minimum Gasteiger partial charge on any atom is -0.463 e. The maximum Gasteiger partial charge on any atom is 0.373 e. The van der Waals surface area contributed by atoms with Crippen LogP contribution in [0.3, 0.4) is 0 Å². The molecule has 18 heavy (non-hydrogen) atoms. The molecule has 102 valence electrons. The molecule has 1 aromatic rings. The second-order valence-corrected chi connectivity index (χ2v) is 5.03. The highest BCUT2D eigenvalue weighted by molar-refractivity contribution is 5.86. The molecule has 0 aromatic carbocycles. The summed E-state index contributed by atoms with van der Waals surface area (Å²) in [5, 5.41) is 3.41. The number of furan rings is 1. The van der Waals surface area contributed by atoms with E-state index in [1.807, 2.05) is 6.07 Å². The number of ether oxygens (including phenoxy) is 1. The maximum absolute atomic E-state index is 11.4. The first-order valence-corrected chi connectivity index (χ1v) is 6.37. The van der Waals surface area contributed by atoms with Gasteiger partial charge in [0.25, 0.3) is 0 Å². The van der Waals surface area contributed by atoms with E-state index >= 15 is 0 Å². The molecule has 1 N–H and O–H groups in total. The Bertz CT molecular complexity index is 395. The summed E-state index contributed by atoms with van der Waals surface area (Å²) in [6, 6.07) is 3.60. The van der Waals surface area contributed by atoms with Gasteiger partial charge in [-0.1, -0.05) is 27.7 Å². The maximum atomic E-state index is 11.4. The van der Waals surface area contributed by atoms with Crippen molar-refractivity contribution < 1.29 is 13.9 Å². The molecule has 0 fully saturated rings. The molecular weight excluding hydrogens is 230 g/mol. The van der Waals surface area contributed by atoms with Gasteiger partial charge in [-0.15, -0.1) is 0 Å². The third-order valence-corrected chi connectivity index (χ3v) is 3.40. The Kier molecular flexibility index (Phi) is 4.96. The van der Waals surface area contributed by atoms with Crippen molar-refractivity contribution in [2.75, 3.05) is 13.7 Å². The highest BCUT2D eigenvalue weighted by Crippen LogP contribution is 2.36. The third kappa shape index (κ3) is 3.13. The highest BCUT2D eigenvalue weighted by Gasteiger charge is 2.31. The van der Waals surface area contributed by atoms with Crippen LogP contribution in [0.2, 0.25) is 0 Å². The van der Waals surface area contributed by atoms with Gasteiger partial charge in [0.15, 0.2) is 0 Å². The van der Waals surface area contributed by atoms with E-state index in [0.29, 0.717) is 0 Å². The van der Waals surface area contributed by atoms with Gasteiger partial charge in [0.1, 0.15) is 5.76 Å². The van der Waals surface area contributed by atoms with Gasteiger partial charge in [0.05, 0.1) is 13.2 Å². The Morgan fingerprint density at radius 2 is 2.11 bits per heavy atom. The summed E-state index contributed by atoms with van der Waals surface area (Å²) in [5.74, 6) is 0.595. The summed E-state index contributed by atoms with van der Waals surface area (Å²) in [7, 11) is 1.35. The summed E-state index contributed by atoms with van der Waals surface area (Å²) in [5.41, 5.74) is 0.0568.